The molecule has 130 valence electrons. The molecule has 0 spiro atoms. The first-order chi connectivity index (χ1) is 12.1. The Morgan fingerprint density at radius 2 is 2.08 bits per heavy atom. The van der Waals surface area contributed by atoms with Gasteiger partial charge >= 0.3 is 5.97 Å². The molecule has 1 unspecified atom stereocenters. The number of carbonyl (C=O) groups excluding carboxylic acids is 2. The van der Waals surface area contributed by atoms with E-state index in [-0.39, 0.29) is 5.91 Å². The van der Waals surface area contributed by atoms with Crippen LogP contribution in [0.25, 0.3) is 0 Å². The SMILES string of the molecule is C=CC(Nc1ccc(NC(=O)c2cccnc2)c(OC)c1)C(=O)OC. The molecule has 2 rings (SSSR count). The second-order valence-electron chi connectivity index (χ2n) is 4.99. The Bertz CT molecular complexity index is 762. The smallest absolute Gasteiger partial charge is 0.332 e. The highest BCUT2D eigenvalue weighted by atomic mass is 16.5. The number of nitrogens with one attached hydrogen (secondary N) is 2. The summed E-state index contributed by atoms with van der Waals surface area (Å²) in [5.74, 6) is -0.316. The van der Waals surface area contributed by atoms with Crippen LogP contribution < -0.4 is 15.4 Å². The summed E-state index contributed by atoms with van der Waals surface area (Å²) in [4.78, 5) is 27.8. The van der Waals surface area contributed by atoms with Crippen LogP contribution in [0.1, 0.15) is 10.4 Å². The number of pyridine rings is 1. The van der Waals surface area contributed by atoms with Crippen molar-refractivity contribution in [2.24, 2.45) is 0 Å². The molecular weight excluding hydrogens is 322 g/mol. The number of rotatable bonds is 7. The monoisotopic (exact) mass is 341 g/mol. The molecule has 1 amide bonds. The minimum atomic E-state index is -0.689. The van der Waals surface area contributed by atoms with Gasteiger partial charge in [0.15, 0.2) is 0 Å². The van der Waals surface area contributed by atoms with Crippen molar-refractivity contribution < 1.29 is 19.1 Å². The Morgan fingerprint density at radius 3 is 2.68 bits per heavy atom. The minimum Gasteiger partial charge on any atom is -0.494 e. The standard InChI is InChI=1S/C18H19N3O4/c1-4-14(18(23)25-3)20-13-7-8-15(16(10-13)24-2)21-17(22)12-6-5-9-19-11-12/h4-11,14,20H,1H2,2-3H3,(H,21,22). The van der Waals surface area contributed by atoms with Gasteiger partial charge in [-0.2, -0.15) is 0 Å². The molecule has 7 nitrogen and oxygen atoms in total. The maximum absolute atomic E-state index is 12.2. The van der Waals surface area contributed by atoms with Gasteiger partial charge in [0.2, 0.25) is 0 Å². The van der Waals surface area contributed by atoms with E-state index >= 15 is 0 Å². The van der Waals surface area contributed by atoms with Gasteiger partial charge in [-0.1, -0.05) is 6.08 Å². The molecule has 1 heterocycles. The average Bonchev–Trinajstić information content (AvgIpc) is 2.66. The fourth-order valence-electron chi connectivity index (χ4n) is 2.10. The fraction of sp³-hybridized carbons (Fsp3) is 0.167. The van der Waals surface area contributed by atoms with Crippen LogP contribution in [0.3, 0.4) is 0 Å². The molecule has 0 saturated heterocycles. The van der Waals surface area contributed by atoms with Crippen LogP contribution in [0.4, 0.5) is 11.4 Å². The van der Waals surface area contributed by atoms with Gasteiger partial charge in [-0.15, -0.1) is 6.58 Å². The van der Waals surface area contributed by atoms with Crippen molar-refractivity contribution in [3.8, 4) is 5.75 Å². The predicted octanol–water partition coefficient (Wildman–Crippen LogP) is 2.48. The number of nitrogens with zero attached hydrogens (tertiary/aromatic N) is 1. The van der Waals surface area contributed by atoms with Crippen molar-refractivity contribution in [2.75, 3.05) is 24.9 Å². The van der Waals surface area contributed by atoms with Crippen LogP contribution in [0, 0.1) is 0 Å². The predicted molar refractivity (Wildman–Crippen MR) is 94.8 cm³/mol. The number of aromatic nitrogens is 1. The van der Waals surface area contributed by atoms with Crippen LogP contribution in [-0.4, -0.2) is 37.1 Å². The van der Waals surface area contributed by atoms with E-state index < -0.39 is 12.0 Å². The summed E-state index contributed by atoms with van der Waals surface area (Å²) in [6, 6.07) is 7.70. The Morgan fingerprint density at radius 1 is 1.28 bits per heavy atom. The van der Waals surface area contributed by atoms with Crippen LogP contribution in [0.2, 0.25) is 0 Å². The third-order valence-electron chi connectivity index (χ3n) is 3.39. The van der Waals surface area contributed by atoms with E-state index in [2.05, 4.69) is 22.2 Å². The largest absolute Gasteiger partial charge is 0.494 e. The molecule has 1 aromatic carbocycles. The molecular formula is C18H19N3O4. The highest BCUT2D eigenvalue weighted by molar-refractivity contribution is 6.05. The van der Waals surface area contributed by atoms with Crippen molar-refractivity contribution in [1.82, 2.24) is 4.98 Å². The average molecular weight is 341 g/mol. The molecule has 0 aliphatic rings. The first-order valence-corrected chi connectivity index (χ1v) is 7.45. The van der Waals surface area contributed by atoms with Crippen LogP contribution in [0.5, 0.6) is 5.75 Å². The summed E-state index contributed by atoms with van der Waals surface area (Å²) in [7, 11) is 2.79. The number of methoxy groups -OCH3 is 2. The Labute approximate surface area is 145 Å². The number of anilines is 2. The first kappa shape index (κ1) is 18.0. The lowest BCUT2D eigenvalue weighted by atomic mass is 10.2. The molecule has 0 saturated carbocycles. The lowest BCUT2D eigenvalue weighted by Crippen LogP contribution is -2.28. The summed E-state index contributed by atoms with van der Waals surface area (Å²) < 4.78 is 10.0. The normalized spacial score (nSPS) is 11.1. The molecule has 25 heavy (non-hydrogen) atoms. The fourth-order valence-corrected chi connectivity index (χ4v) is 2.10. The Balaban J connectivity index is 2.17. The molecule has 0 fully saturated rings. The summed E-state index contributed by atoms with van der Waals surface area (Å²) in [6.07, 6.45) is 4.51. The molecule has 0 radical (unpaired) electrons. The third kappa shape index (κ3) is 4.57. The quantitative estimate of drug-likeness (QED) is 0.594. The van der Waals surface area contributed by atoms with Gasteiger partial charge in [-0.3, -0.25) is 9.78 Å². The molecule has 1 atom stereocenters. The summed E-state index contributed by atoms with van der Waals surface area (Å²) in [5, 5.41) is 5.73. The van der Waals surface area contributed by atoms with E-state index in [9.17, 15) is 9.59 Å². The highest BCUT2D eigenvalue weighted by Crippen LogP contribution is 2.28. The van der Waals surface area contributed by atoms with Crippen LogP contribution >= 0.6 is 0 Å². The Kier molecular flexibility index (Phi) is 6.11. The first-order valence-electron chi connectivity index (χ1n) is 7.45. The van der Waals surface area contributed by atoms with Gasteiger partial charge < -0.3 is 20.1 Å². The maximum Gasteiger partial charge on any atom is 0.332 e. The summed E-state index contributed by atoms with van der Waals surface area (Å²) in [6.45, 7) is 3.60. The number of amides is 1. The van der Waals surface area contributed by atoms with Crippen LogP contribution in [0.15, 0.2) is 55.4 Å². The van der Waals surface area contributed by atoms with E-state index in [1.807, 2.05) is 0 Å². The van der Waals surface area contributed by atoms with Crippen molar-refractivity contribution in [3.05, 3.63) is 60.9 Å². The number of esters is 1. The van der Waals surface area contributed by atoms with Crippen molar-refractivity contribution in [2.45, 2.75) is 6.04 Å². The van der Waals surface area contributed by atoms with Crippen molar-refractivity contribution in [1.29, 1.82) is 0 Å². The Hall–Kier alpha value is -3.35. The van der Waals surface area contributed by atoms with E-state index in [0.717, 1.165) is 0 Å². The number of carbonyl (C=O) groups is 2. The van der Waals surface area contributed by atoms with E-state index in [0.29, 0.717) is 22.7 Å². The van der Waals surface area contributed by atoms with Gasteiger partial charge in [0, 0.05) is 24.1 Å². The van der Waals surface area contributed by atoms with Crippen LogP contribution in [-0.2, 0) is 9.53 Å². The molecule has 0 aliphatic carbocycles. The molecule has 0 aliphatic heterocycles. The number of ether oxygens (including phenoxy) is 2. The molecule has 7 heteroatoms. The van der Waals surface area contributed by atoms with Gasteiger partial charge in [-0.05, 0) is 24.3 Å². The second kappa shape index (κ2) is 8.49. The zero-order valence-electron chi connectivity index (χ0n) is 14.0. The van der Waals surface area contributed by atoms with E-state index in [4.69, 9.17) is 9.47 Å². The molecule has 2 aromatic rings. The highest BCUT2D eigenvalue weighted by Gasteiger charge is 2.16. The van der Waals surface area contributed by atoms with E-state index in [1.54, 1.807) is 36.5 Å². The van der Waals surface area contributed by atoms with E-state index in [1.165, 1.54) is 26.5 Å². The maximum atomic E-state index is 12.2. The zero-order valence-corrected chi connectivity index (χ0v) is 14.0. The minimum absolute atomic E-state index is 0.300. The number of hydrogen-bond donors (Lipinski definition) is 2. The van der Waals surface area contributed by atoms with Gasteiger partial charge in [0.05, 0.1) is 25.5 Å². The van der Waals surface area contributed by atoms with Gasteiger partial charge in [0.25, 0.3) is 5.91 Å². The second-order valence-corrected chi connectivity index (χ2v) is 4.99. The molecule has 2 N–H and O–H groups in total. The zero-order chi connectivity index (χ0) is 18.2. The third-order valence-corrected chi connectivity index (χ3v) is 3.39. The lowest BCUT2D eigenvalue weighted by molar-refractivity contribution is -0.140. The summed E-state index contributed by atoms with van der Waals surface area (Å²) in [5.41, 5.74) is 1.55. The lowest BCUT2D eigenvalue weighted by Gasteiger charge is -2.16. The number of benzene rings is 1. The topological polar surface area (TPSA) is 89.5 Å². The number of hydrogen-bond acceptors (Lipinski definition) is 6. The van der Waals surface area contributed by atoms with Crippen molar-refractivity contribution >= 4 is 23.3 Å². The van der Waals surface area contributed by atoms with Crippen molar-refractivity contribution in [3.63, 3.8) is 0 Å². The van der Waals surface area contributed by atoms with Gasteiger partial charge in [0.1, 0.15) is 11.8 Å². The molecule has 1 aromatic heterocycles. The van der Waals surface area contributed by atoms with Gasteiger partial charge in [-0.25, -0.2) is 4.79 Å². The molecule has 0 bridgehead atoms. The summed E-state index contributed by atoms with van der Waals surface area (Å²) >= 11 is 0.